The van der Waals surface area contributed by atoms with Crippen LogP contribution in [0.25, 0.3) is 0 Å². The van der Waals surface area contributed by atoms with Crippen LogP contribution in [0.1, 0.15) is 40.5 Å². The summed E-state index contributed by atoms with van der Waals surface area (Å²) in [5, 5.41) is 0. The van der Waals surface area contributed by atoms with E-state index in [-0.39, 0.29) is 43.2 Å². The molecule has 7 rings (SSSR count). The van der Waals surface area contributed by atoms with Gasteiger partial charge in [-0.3, -0.25) is 0 Å². The topological polar surface area (TPSA) is 105 Å². The Kier molecular flexibility index (Phi) is 5.43. The molecule has 204 valence electrons. The Morgan fingerprint density at radius 3 is 2.58 bits per heavy atom. The predicted molar refractivity (Wildman–Crippen MR) is 132 cm³/mol. The highest BCUT2D eigenvalue weighted by Gasteiger charge is 2.87. The van der Waals surface area contributed by atoms with Crippen LogP contribution < -0.4 is 0 Å². The van der Waals surface area contributed by atoms with E-state index in [2.05, 4.69) is 13.0 Å². The first-order chi connectivity index (χ1) is 18.2. The van der Waals surface area contributed by atoms with Crippen molar-refractivity contribution in [1.82, 2.24) is 0 Å². The summed E-state index contributed by atoms with van der Waals surface area (Å²) < 4.78 is 43.1. The van der Waals surface area contributed by atoms with Gasteiger partial charge in [-0.05, 0) is 26.3 Å². The van der Waals surface area contributed by atoms with Gasteiger partial charge >= 0.3 is 11.9 Å². The van der Waals surface area contributed by atoms with E-state index in [1.165, 1.54) is 12.2 Å². The van der Waals surface area contributed by atoms with E-state index in [0.717, 1.165) is 11.1 Å². The first-order valence-corrected chi connectivity index (χ1v) is 13.5. The molecule has 0 aromatic heterocycles. The number of epoxide rings is 2. The van der Waals surface area contributed by atoms with Gasteiger partial charge in [0.15, 0.2) is 6.29 Å². The smallest absolute Gasteiger partial charge is 0.331 e. The van der Waals surface area contributed by atoms with E-state index in [4.69, 9.17) is 33.2 Å². The van der Waals surface area contributed by atoms with Gasteiger partial charge in [-0.2, -0.15) is 0 Å². The number of esters is 2. The fraction of sp³-hybridized carbons (Fsp3) is 0.655. The van der Waals surface area contributed by atoms with Crippen molar-refractivity contribution in [3.63, 3.8) is 0 Å². The van der Waals surface area contributed by atoms with Crippen molar-refractivity contribution in [1.29, 1.82) is 0 Å². The number of allylic oxidation sites excluding steroid dienone is 2. The van der Waals surface area contributed by atoms with E-state index in [9.17, 15) is 9.59 Å². The number of cyclic esters (lactones) is 1. The van der Waals surface area contributed by atoms with Crippen molar-refractivity contribution >= 4 is 11.9 Å². The van der Waals surface area contributed by atoms with Crippen LogP contribution in [0.3, 0.4) is 0 Å². The average Bonchev–Trinajstić information content (AvgIpc) is 3.76. The maximum atomic E-state index is 13.1. The van der Waals surface area contributed by atoms with Crippen LogP contribution in [-0.4, -0.2) is 79.8 Å². The quantitative estimate of drug-likeness (QED) is 0.268. The van der Waals surface area contributed by atoms with Gasteiger partial charge in [0.1, 0.15) is 36.6 Å². The summed E-state index contributed by atoms with van der Waals surface area (Å²) in [6.45, 7) is 8.50. The second-order valence-electron chi connectivity index (χ2n) is 11.9. The zero-order valence-corrected chi connectivity index (χ0v) is 22.1. The molecule has 9 nitrogen and oxygen atoms in total. The lowest BCUT2D eigenvalue weighted by molar-refractivity contribution is -0.235. The molecule has 0 N–H and O–H groups in total. The first kappa shape index (κ1) is 24.7. The zero-order valence-electron chi connectivity index (χ0n) is 22.1. The molecule has 5 aliphatic heterocycles. The summed E-state index contributed by atoms with van der Waals surface area (Å²) in [7, 11) is 0. The number of fused-ring (bicyclic) bond motifs is 3. The summed E-state index contributed by atoms with van der Waals surface area (Å²) in [6.07, 6.45) is 8.96. The standard InChI is InChI=1S/C29H34O9/c1-15-9-23(31)32-13-28-20(11-16(2)25-26(28)38-25)36-21-12-19(27(28,4)29(21)14-33-29)37-22(30)8-6-5-7-18-17(3)34-24(10-15)35-18/h5-9,11,17-21,24-26H,10,12-14H2,1-4H3/b7-5-,8-6-,15-9-/t17?,18?,19-,20-,21-,24?,25+,26+,27-,28-,29-/m1/s1. The highest BCUT2D eigenvalue weighted by atomic mass is 16.7. The molecule has 3 unspecified atom stereocenters. The number of ether oxygens (including phenoxy) is 7. The van der Waals surface area contributed by atoms with Crippen LogP contribution in [0.2, 0.25) is 0 Å². The fourth-order valence-electron chi connectivity index (χ4n) is 7.73. The van der Waals surface area contributed by atoms with Gasteiger partial charge in [0.05, 0.1) is 35.7 Å². The van der Waals surface area contributed by atoms with Gasteiger partial charge in [0.25, 0.3) is 0 Å². The van der Waals surface area contributed by atoms with Crippen molar-refractivity contribution in [2.24, 2.45) is 10.8 Å². The molecule has 11 atom stereocenters. The molecule has 0 amide bonds. The molecule has 0 radical (unpaired) electrons. The molecule has 7 aliphatic rings. The zero-order chi connectivity index (χ0) is 26.4. The number of carbonyl (C=O) groups is 2. The Balaban J connectivity index is 1.28. The minimum absolute atomic E-state index is 0.0573. The number of carbonyl (C=O) groups excluding carboxylic acids is 2. The minimum atomic E-state index is -0.779. The first-order valence-electron chi connectivity index (χ1n) is 13.5. The van der Waals surface area contributed by atoms with Gasteiger partial charge in [0.2, 0.25) is 0 Å². The third-order valence-corrected chi connectivity index (χ3v) is 9.92. The summed E-state index contributed by atoms with van der Waals surface area (Å²) in [4.78, 5) is 26.1. The molecule has 2 spiro atoms. The van der Waals surface area contributed by atoms with Crippen molar-refractivity contribution in [3.8, 4) is 0 Å². The lowest BCUT2D eigenvalue weighted by Crippen LogP contribution is -2.69. The van der Waals surface area contributed by atoms with Crippen molar-refractivity contribution < 1.29 is 42.7 Å². The predicted octanol–water partition coefficient (Wildman–Crippen LogP) is 2.69. The molecule has 0 aromatic rings. The fourth-order valence-corrected chi connectivity index (χ4v) is 7.73. The van der Waals surface area contributed by atoms with E-state index in [1.807, 2.05) is 26.8 Å². The second-order valence-corrected chi connectivity index (χ2v) is 11.9. The lowest BCUT2D eigenvalue weighted by atomic mass is 9.51. The molecule has 5 fully saturated rings. The van der Waals surface area contributed by atoms with E-state index in [1.54, 1.807) is 12.2 Å². The number of hydrogen-bond acceptors (Lipinski definition) is 9. The number of rotatable bonds is 0. The molecule has 0 aromatic carbocycles. The normalized spacial score (nSPS) is 54.2. The highest BCUT2D eigenvalue weighted by Crippen LogP contribution is 2.74. The Morgan fingerprint density at radius 2 is 1.79 bits per heavy atom. The Hall–Kier alpha value is -2.30. The van der Waals surface area contributed by atoms with Crippen molar-refractivity contribution in [2.75, 3.05) is 13.2 Å². The summed E-state index contributed by atoms with van der Waals surface area (Å²) in [5.41, 5.74) is -0.179. The van der Waals surface area contributed by atoms with Crippen LogP contribution in [0, 0.1) is 10.8 Å². The molecule has 4 bridgehead atoms. The summed E-state index contributed by atoms with van der Waals surface area (Å²) >= 11 is 0. The molecule has 9 heteroatoms. The lowest BCUT2D eigenvalue weighted by Gasteiger charge is -2.57. The van der Waals surface area contributed by atoms with Gasteiger partial charge in [-0.15, -0.1) is 0 Å². The average molecular weight is 527 g/mol. The van der Waals surface area contributed by atoms with Gasteiger partial charge in [-0.1, -0.05) is 36.8 Å². The van der Waals surface area contributed by atoms with Crippen LogP contribution in [0.5, 0.6) is 0 Å². The molecule has 2 aliphatic carbocycles. The molecule has 5 heterocycles. The Morgan fingerprint density at radius 1 is 0.974 bits per heavy atom. The maximum absolute atomic E-state index is 13.1. The van der Waals surface area contributed by atoms with Crippen molar-refractivity contribution in [3.05, 3.63) is 47.6 Å². The Labute approximate surface area is 221 Å². The van der Waals surface area contributed by atoms with Gasteiger partial charge in [0, 0.05) is 25.0 Å². The molecular formula is C29H34O9. The molecule has 4 saturated heterocycles. The largest absolute Gasteiger partial charge is 0.462 e. The molecular weight excluding hydrogens is 492 g/mol. The number of hydrogen-bond donors (Lipinski definition) is 0. The molecule has 38 heavy (non-hydrogen) atoms. The van der Waals surface area contributed by atoms with Crippen LogP contribution in [0.4, 0.5) is 0 Å². The van der Waals surface area contributed by atoms with E-state index >= 15 is 0 Å². The SMILES string of the molecule is CC1=C[C@H]2O[C@@H]3C[C@H]4OC(=O)/C=C\C=C/C5OC(C/C(C)=C\C(=O)OC[C@@]2([C@H]2O[C@@H]12)[C@]4(C)[C@@]31CO1)OC5C. The molecule has 1 saturated carbocycles. The Bertz CT molecular complexity index is 1180. The van der Waals surface area contributed by atoms with Gasteiger partial charge < -0.3 is 33.2 Å². The monoisotopic (exact) mass is 526 g/mol. The third kappa shape index (κ3) is 3.35. The third-order valence-electron chi connectivity index (χ3n) is 9.92. The maximum Gasteiger partial charge on any atom is 0.331 e. The van der Waals surface area contributed by atoms with Crippen LogP contribution in [0.15, 0.2) is 47.6 Å². The second kappa shape index (κ2) is 8.35. The van der Waals surface area contributed by atoms with Crippen LogP contribution in [-0.2, 0) is 42.7 Å². The highest BCUT2D eigenvalue weighted by molar-refractivity contribution is 5.83. The van der Waals surface area contributed by atoms with Crippen molar-refractivity contribution in [2.45, 2.75) is 95.2 Å². The van der Waals surface area contributed by atoms with Crippen LogP contribution >= 0.6 is 0 Å². The van der Waals surface area contributed by atoms with Gasteiger partial charge in [-0.25, -0.2) is 9.59 Å². The van der Waals surface area contributed by atoms with E-state index in [0.29, 0.717) is 19.4 Å². The minimum Gasteiger partial charge on any atom is -0.462 e. The summed E-state index contributed by atoms with van der Waals surface area (Å²) in [6, 6.07) is 0. The van der Waals surface area contributed by atoms with E-state index < -0.39 is 40.8 Å². The summed E-state index contributed by atoms with van der Waals surface area (Å²) in [5.74, 6) is -0.897.